The summed E-state index contributed by atoms with van der Waals surface area (Å²) in [5.74, 6) is -0.913. The van der Waals surface area contributed by atoms with Gasteiger partial charge in [-0.05, 0) is 86.6 Å². The normalized spacial score (nSPS) is 26.0. The van der Waals surface area contributed by atoms with Gasteiger partial charge < -0.3 is 20.3 Å². The molecule has 0 bridgehead atoms. The summed E-state index contributed by atoms with van der Waals surface area (Å²) in [6.45, 7) is 4.15. The van der Waals surface area contributed by atoms with Gasteiger partial charge in [-0.3, -0.25) is 9.59 Å². The second kappa shape index (κ2) is 14.9. The minimum atomic E-state index is -4.99. The zero-order valence-corrected chi connectivity index (χ0v) is 27.5. The first-order valence-corrected chi connectivity index (χ1v) is 16.8. The number of hydrazone groups is 1. The number of carboxylic acid groups (broad SMARTS) is 1. The number of nitrogens with one attached hydrogen (secondary N) is 1. The number of carbonyl (C=O) groups is 2. The largest absolute Gasteiger partial charge is 0.481 e. The Labute approximate surface area is 281 Å². The van der Waals surface area contributed by atoms with E-state index in [1.807, 2.05) is 18.7 Å². The second-order valence-electron chi connectivity index (χ2n) is 13.4. The number of amides is 1. The van der Waals surface area contributed by atoms with Crippen molar-refractivity contribution in [2.75, 3.05) is 11.4 Å². The minimum Gasteiger partial charge on any atom is -0.481 e. The summed E-state index contributed by atoms with van der Waals surface area (Å²) in [4.78, 5) is 38.0. The molecule has 2 N–H and O–H groups in total. The number of hydrogen-bond donors (Lipinski definition) is 2. The number of hydrogen-bond acceptors (Lipinski definition) is 7. The predicted octanol–water partition coefficient (Wildman–Crippen LogP) is 7.02. The molecule has 3 aliphatic rings. The van der Waals surface area contributed by atoms with Crippen molar-refractivity contribution in [3.8, 4) is 0 Å². The summed E-state index contributed by atoms with van der Waals surface area (Å²) in [6, 6.07) is 0.742. The third-order valence-corrected chi connectivity index (χ3v) is 10.2. The fraction of sp³-hybridized carbons (Fsp3) is 0.618. The van der Waals surface area contributed by atoms with Crippen LogP contribution in [0.1, 0.15) is 99.8 Å². The molecule has 5 rings (SSSR count). The Kier molecular flexibility index (Phi) is 11.1. The highest BCUT2D eigenvalue weighted by Crippen LogP contribution is 2.40. The Hall–Kier alpha value is -3.91. The molecule has 1 amide bonds. The molecule has 1 saturated carbocycles. The monoisotopic (exact) mass is 696 g/mol. The maximum absolute atomic E-state index is 14.0. The van der Waals surface area contributed by atoms with Crippen molar-refractivity contribution in [2.24, 2.45) is 16.9 Å². The Morgan fingerprint density at radius 2 is 1.49 bits per heavy atom. The molecule has 2 aromatic rings. The topological polar surface area (TPSA) is 111 Å². The fourth-order valence-corrected chi connectivity index (χ4v) is 7.55. The van der Waals surface area contributed by atoms with Crippen molar-refractivity contribution in [3.63, 3.8) is 0 Å². The SMILES string of the molecule is CC[C@@H]1C[C@H](N(Cc2cc(C(F)(F)F)cc(C(F)(F)F)c2)c2ncc(C3C=NNC3)cn2)C[C@H](CC)N1C(=O)C1CCC(CC(=O)O)CC1. The number of nitrogens with zero attached hydrogens (tertiary/aromatic N) is 5. The van der Waals surface area contributed by atoms with Crippen LogP contribution in [0.25, 0.3) is 0 Å². The molecule has 49 heavy (non-hydrogen) atoms. The number of anilines is 1. The number of benzene rings is 1. The lowest BCUT2D eigenvalue weighted by Gasteiger charge is -2.49. The van der Waals surface area contributed by atoms with Crippen LogP contribution in [0.5, 0.6) is 0 Å². The highest BCUT2D eigenvalue weighted by atomic mass is 19.4. The molecule has 268 valence electrons. The zero-order chi connectivity index (χ0) is 35.5. The molecule has 4 atom stereocenters. The summed E-state index contributed by atoms with van der Waals surface area (Å²) in [5, 5.41) is 13.2. The van der Waals surface area contributed by atoms with Crippen molar-refractivity contribution in [1.29, 1.82) is 0 Å². The number of carbonyl (C=O) groups excluding carboxylic acids is 1. The Morgan fingerprint density at radius 3 is 1.96 bits per heavy atom. The lowest BCUT2D eigenvalue weighted by molar-refractivity contribution is -0.145. The standard InChI is InChI=1S/C34H42F6N6O3/c1-3-27-13-29(14-28(4-2)46(27)31(49)22-7-5-20(6-8-22)11-30(47)48)45(32-41-15-23(16-42-32)24-17-43-44-18-24)19-21-9-25(33(35,36)37)12-26(10-21)34(38,39)40/h9-10,12,15-17,20,22,24,27-29,44H,3-8,11,13-14,18-19H2,1-2H3,(H,47,48)/t20?,22?,24?,27-,28+,29+. The number of rotatable bonds is 10. The fourth-order valence-electron chi connectivity index (χ4n) is 7.55. The van der Waals surface area contributed by atoms with Crippen molar-refractivity contribution in [2.45, 2.75) is 115 Å². The highest BCUT2D eigenvalue weighted by Gasteiger charge is 2.43. The van der Waals surface area contributed by atoms with Crippen molar-refractivity contribution in [1.82, 2.24) is 20.3 Å². The van der Waals surface area contributed by atoms with E-state index in [4.69, 9.17) is 0 Å². The third-order valence-electron chi connectivity index (χ3n) is 10.2. The van der Waals surface area contributed by atoms with Crippen LogP contribution in [-0.4, -0.2) is 62.7 Å². The van der Waals surface area contributed by atoms with Crippen molar-refractivity contribution < 1.29 is 41.0 Å². The maximum atomic E-state index is 14.0. The Morgan fingerprint density at radius 1 is 0.918 bits per heavy atom. The lowest BCUT2D eigenvalue weighted by atomic mass is 9.78. The number of aliphatic carboxylic acids is 1. The predicted molar refractivity (Wildman–Crippen MR) is 170 cm³/mol. The summed E-state index contributed by atoms with van der Waals surface area (Å²) >= 11 is 0. The van der Waals surface area contributed by atoms with Gasteiger partial charge in [-0.1, -0.05) is 13.8 Å². The van der Waals surface area contributed by atoms with E-state index in [0.717, 1.165) is 17.7 Å². The van der Waals surface area contributed by atoms with Gasteiger partial charge in [0.2, 0.25) is 11.9 Å². The molecule has 15 heteroatoms. The summed E-state index contributed by atoms with van der Waals surface area (Å²) in [6.07, 6.45) is -0.436. The van der Waals surface area contributed by atoms with Crippen LogP contribution in [0.3, 0.4) is 0 Å². The number of alkyl halides is 6. The molecule has 1 aromatic carbocycles. The average Bonchev–Trinajstić information content (AvgIpc) is 3.61. The van der Waals surface area contributed by atoms with Crippen LogP contribution < -0.4 is 10.3 Å². The van der Waals surface area contributed by atoms with Gasteiger partial charge in [0.05, 0.1) is 11.1 Å². The zero-order valence-electron chi connectivity index (χ0n) is 27.5. The van der Waals surface area contributed by atoms with Crippen LogP contribution in [0.4, 0.5) is 32.3 Å². The molecular formula is C34H42F6N6O3. The lowest BCUT2D eigenvalue weighted by Crippen LogP contribution is -2.58. The van der Waals surface area contributed by atoms with E-state index in [-0.39, 0.29) is 66.3 Å². The molecule has 1 aromatic heterocycles. The van der Waals surface area contributed by atoms with Crippen LogP contribution in [-0.2, 0) is 28.5 Å². The summed E-state index contributed by atoms with van der Waals surface area (Å²) in [7, 11) is 0. The Bertz CT molecular complexity index is 1450. The molecule has 0 spiro atoms. The molecule has 2 aliphatic heterocycles. The average molecular weight is 697 g/mol. The summed E-state index contributed by atoms with van der Waals surface area (Å²) in [5.41, 5.74) is 0.654. The minimum absolute atomic E-state index is 0.0256. The summed E-state index contributed by atoms with van der Waals surface area (Å²) < 4.78 is 82.8. The van der Waals surface area contributed by atoms with E-state index in [1.54, 1.807) is 23.5 Å². The quantitative estimate of drug-likeness (QED) is 0.257. The van der Waals surface area contributed by atoms with Gasteiger partial charge >= 0.3 is 18.3 Å². The number of likely N-dealkylation sites (tertiary alicyclic amines) is 1. The van der Waals surface area contributed by atoms with Crippen molar-refractivity contribution in [3.05, 3.63) is 52.8 Å². The third kappa shape index (κ3) is 8.64. The smallest absolute Gasteiger partial charge is 0.416 e. The number of piperidine rings is 1. The first-order valence-electron chi connectivity index (χ1n) is 16.8. The van der Waals surface area contributed by atoms with Gasteiger partial charge in [-0.15, -0.1) is 0 Å². The molecule has 1 aliphatic carbocycles. The molecule has 0 radical (unpaired) electrons. The molecule has 3 heterocycles. The molecule has 1 unspecified atom stereocenters. The van der Waals surface area contributed by atoms with E-state index < -0.39 is 35.5 Å². The van der Waals surface area contributed by atoms with E-state index in [1.165, 1.54) is 0 Å². The van der Waals surface area contributed by atoms with Crippen LogP contribution in [0, 0.1) is 11.8 Å². The van der Waals surface area contributed by atoms with Gasteiger partial charge in [0, 0.05) is 68.1 Å². The van der Waals surface area contributed by atoms with Crippen LogP contribution in [0.15, 0.2) is 35.7 Å². The maximum Gasteiger partial charge on any atom is 0.416 e. The number of halogens is 6. The van der Waals surface area contributed by atoms with Gasteiger partial charge in [0.25, 0.3) is 0 Å². The van der Waals surface area contributed by atoms with E-state index in [2.05, 4.69) is 20.5 Å². The second-order valence-corrected chi connectivity index (χ2v) is 13.4. The van der Waals surface area contributed by atoms with Crippen LogP contribution in [0.2, 0.25) is 0 Å². The molecule has 9 nitrogen and oxygen atoms in total. The first-order chi connectivity index (χ1) is 23.2. The number of aromatic nitrogens is 2. The molecule has 1 saturated heterocycles. The first kappa shape index (κ1) is 36.4. The van der Waals surface area contributed by atoms with E-state index in [0.29, 0.717) is 57.9 Å². The van der Waals surface area contributed by atoms with Gasteiger partial charge in [-0.25, -0.2) is 9.97 Å². The van der Waals surface area contributed by atoms with E-state index in [9.17, 15) is 41.0 Å². The Balaban J connectivity index is 1.45. The van der Waals surface area contributed by atoms with Gasteiger partial charge in [0.15, 0.2) is 0 Å². The molecular weight excluding hydrogens is 654 g/mol. The van der Waals surface area contributed by atoms with Crippen LogP contribution >= 0.6 is 0 Å². The van der Waals surface area contributed by atoms with E-state index >= 15 is 0 Å². The van der Waals surface area contributed by atoms with Gasteiger partial charge in [-0.2, -0.15) is 31.4 Å². The van der Waals surface area contributed by atoms with Gasteiger partial charge in [0.1, 0.15) is 0 Å². The number of carboxylic acids is 1. The molecule has 2 fully saturated rings. The van der Waals surface area contributed by atoms with Crippen molar-refractivity contribution >= 4 is 24.0 Å². The highest BCUT2D eigenvalue weighted by molar-refractivity contribution is 5.80.